The first kappa shape index (κ1) is 16.6. The average Bonchev–Trinajstić information content (AvgIpc) is 2.43. The van der Waals surface area contributed by atoms with Crippen molar-refractivity contribution in [3.05, 3.63) is 64.7 Å². The van der Waals surface area contributed by atoms with Gasteiger partial charge in [0.2, 0.25) is 10.0 Å². The van der Waals surface area contributed by atoms with Crippen LogP contribution in [0.2, 0.25) is 0 Å². The van der Waals surface area contributed by atoms with Gasteiger partial charge in [0.15, 0.2) is 11.6 Å². The summed E-state index contributed by atoms with van der Waals surface area (Å²) < 4.78 is 53.6. The van der Waals surface area contributed by atoms with E-state index in [9.17, 15) is 17.2 Å². The second-order valence-corrected chi connectivity index (χ2v) is 6.97. The Morgan fingerprint density at radius 2 is 1.68 bits per heavy atom. The van der Waals surface area contributed by atoms with Gasteiger partial charge in [-0.25, -0.2) is 21.9 Å². The third kappa shape index (κ3) is 3.51. The fraction of sp³-hybridized carbons (Fsp3) is 0.250. The van der Waals surface area contributed by atoms with Gasteiger partial charge in [0.25, 0.3) is 0 Å². The molecule has 0 bridgehead atoms. The number of benzene rings is 2. The number of rotatable bonds is 4. The molecule has 0 heterocycles. The molecule has 2 rings (SSSR count). The zero-order valence-electron chi connectivity index (χ0n) is 12.5. The van der Waals surface area contributed by atoms with E-state index in [2.05, 4.69) is 4.72 Å². The van der Waals surface area contributed by atoms with Crippen molar-refractivity contribution in [1.82, 2.24) is 4.72 Å². The van der Waals surface area contributed by atoms with Crippen LogP contribution in [0.25, 0.3) is 0 Å². The summed E-state index contributed by atoms with van der Waals surface area (Å²) in [5, 5.41) is 0. The Morgan fingerprint density at radius 1 is 1.00 bits per heavy atom. The van der Waals surface area contributed by atoms with E-state index in [4.69, 9.17) is 0 Å². The first-order chi connectivity index (χ1) is 10.2. The summed E-state index contributed by atoms with van der Waals surface area (Å²) in [7, 11) is -3.75. The summed E-state index contributed by atoms with van der Waals surface area (Å²) in [5.74, 6) is -1.97. The van der Waals surface area contributed by atoms with Crippen LogP contribution >= 0.6 is 0 Å². The number of halogens is 2. The van der Waals surface area contributed by atoms with Crippen LogP contribution < -0.4 is 4.72 Å². The minimum absolute atomic E-state index is 0.182. The molecule has 0 saturated carbocycles. The summed E-state index contributed by atoms with van der Waals surface area (Å²) >= 11 is 0. The van der Waals surface area contributed by atoms with Crippen molar-refractivity contribution in [2.75, 3.05) is 0 Å². The summed E-state index contributed by atoms with van der Waals surface area (Å²) in [5.41, 5.74) is 1.80. The Morgan fingerprint density at radius 3 is 2.32 bits per heavy atom. The van der Waals surface area contributed by atoms with Gasteiger partial charge in [0.1, 0.15) is 0 Å². The Bertz CT molecular complexity index is 804. The van der Waals surface area contributed by atoms with E-state index in [1.54, 1.807) is 32.9 Å². The molecule has 118 valence electrons. The third-order valence-corrected chi connectivity index (χ3v) is 5.09. The van der Waals surface area contributed by atoms with E-state index in [0.29, 0.717) is 11.1 Å². The Balaban J connectivity index is 2.31. The second kappa shape index (κ2) is 6.14. The first-order valence-electron chi connectivity index (χ1n) is 6.75. The van der Waals surface area contributed by atoms with Gasteiger partial charge < -0.3 is 0 Å². The molecule has 0 aliphatic carbocycles. The maximum Gasteiger partial charge on any atom is 0.241 e. The quantitative estimate of drug-likeness (QED) is 0.933. The number of nitrogens with one attached hydrogen (secondary N) is 1. The van der Waals surface area contributed by atoms with E-state index in [-0.39, 0.29) is 4.90 Å². The maximum atomic E-state index is 13.3. The van der Waals surface area contributed by atoms with Crippen LogP contribution in [0.1, 0.15) is 29.7 Å². The van der Waals surface area contributed by atoms with Crippen molar-refractivity contribution in [2.45, 2.75) is 31.7 Å². The van der Waals surface area contributed by atoms with E-state index in [1.807, 2.05) is 6.07 Å². The third-order valence-electron chi connectivity index (χ3n) is 3.41. The molecule has 3 nitrogen and oxygen atoms in total. The molecular weight excluding hydrogens is 308 g/mol. The zero-order chi connectivity index (χ0) is 16.5. The van der Waals surface area contributed by atoms with Crippen molar-refractivity contribution in [3.63, 3.8) is 0 Å². The van der Waals surface area contributed by atoms with Crippen LogP contribution in [-0.2, 0) is 10.0 Å². The summed E-state index contributed by atoms with van der Waals surface area (Å²) in [6.45, 7) is 5.09. The molecule has 1 atom stereocenters. The second-order valence-electron chi connectivity index (χ2n) is 5.29. The van der Waals surface area contributed by atoms with Gasteiger partial charge in [-0.15, -0.1) is 0 Å². The fourth-order valence-electron chi connectivity index (χ4n) is 2.14. The van der Waals surface area contributed by atoms with Gasteiger partial charge in [0, 0.05) is 6.04 Å². The van der Waals surface area contributed by atoms with Gasteiger partial charge in [-0.1, -0.05) is 18.2 Å². The normalized spacial score (nSPS) is 13.1. The van der Waals surface area contributed by atoms with E-state index in [0.717, 1.165) is 17.7 Å². The molecule has 0 aromatic heterocycles. The Hall–Kier alpha value is -1.79. The summed E-state index contributed by atoms with van der Waals surface area (Å²) in [6.07, 6.45) is 0. The highest BCUT2D eigenvalue weighted by Gasteiger charge is 2.21. The lowest BCUT2D eigenvalue weighted by molar-refractivity contribution is 0.504. The highest BCUT2D eigenvalue weighted by molar-refractivity contribution is 7.89. The van der Waals surface area contributed by atoms with E-state index < -0.39 is 27.7 Å². The minimum atomic E-state index is -3.75. The molecule has 0 aliphatic rings. The molecule has 0 saturated heterocycles. The molecule has 22 heavy (non-hydrogen) atoms. The standard InChI is InChI=1S/C16H17F2NO2S/c1-10-4-5-11(2)16(8-10)22(20,21)19-12(3)13-6-7-14(17)15(18)9-13/h4-9,12,19H,1-3H3. The molecule has 6 heteroatoms. The average molecular weight is 325 g/mol. The molecular formula is C16H17F2NO2S. The van der Waals surface area contributed by atoms with Crippen molar-refractivity contribution < 1.29 is 17.2 Å². The molecule has 1 unspecified atom stereocenters. The van der Waals surface area contributed by atoms with Gasteiger partial charge in [-0.3, -0.25) is 0 Å². The van der Waals surface area contributed by atoms with Crippen LogP contribution in [0.15, 0.2) is 41.3 Å². The van der Waals surface area contributed by atoms with Gasteiger partial charge in [0.05, 0.1) is 4.90 Å². The molecule has 0 aliphatic heterocycles. The van der Waals surface area contributed by atoms with E-state index >= 15 is 0 Å². The molecule has 0 fully saturated rings. The maximum absolute atomic E-state index is 13.3. The van der Waals surface area contributed by atoms with Crippen molar-refractivity contribution in [2.24, 2.45) is 0 Å². The molecule has 0 amide bonds. The van der Waals surface area contributed by atoms with Gasteiger partial charge in [-0.2, -0.15) is 0 Å². The lowest BCUT2D eigenvalue weighted by Crippen LogP contribution is -2.27. The topological polar surface area (TPSA) is 46.2 Å². The highest BCUT2D eigenvalue weighted by Crippen LogP contribution is 2.21. The Labute approximate surface area is 129 Å². The number of hydrogen-bond acceptors (Lipinski definition) is 2. The van der Waals surface area contributed by atoms with E-state index in [1.165, 1.54) is 6.07 Å². The predicted octanol–water partition coefficient (Wildman–Crippen LogP) is 3.62. The predicted molar refractivity (Wildman–Crippen MR) is 81.0 cm³/mol. The first-order valence-corrected chi connectivity index (χ1v) is 8.23. The Kier molecular flexibility index (Phi) is 4.63. The van der Waals surface area contributed by atoms with Gasteiger partial charge >= 0.3 is 0 Å². The zero-order valence-corrected chi connectivity index (χ0v) is 13.3. The van der Waals surface area contributed by atoms with Crippen molar-refractivity contribution >= 4 is 10.0 Å². The van der Waals surface area contributed by atoms with Crippen molar-refractivity contribution in [3.8, 4) is 0 Å². The molecule has 1 N–H and O–H groups in total. The van der Waals surface area contributed by atoms with Gasteiger partial charge in [-0.05, 0) is 55.7 Å². The van der Waals surface area contributed by atoms with Crippen LogP contribution in [0.5, 0.6) is 0 Å². The minimum Gasteiger partial charge on any atom is -0.207 e. The summed E-state index contributed by atoms with van der Waals surface area (Å²) in [6, 6.07) is 7.78. The lowest BCUT2D eigenvalue weighted by atomic mass is 10.1. The van der Waals surface area contributed by atoms with Crippen LogP contribution in [0.4, 0.5) is 8.78 Å². The fourth-order valence-corrected chi connectivity index (χ4v) is 3.70. The SMILES string of the molecule is Cc1ccc(C)c(S(=O)(=O)NC(C)c2ccc(F)c(F)c2)c1. The molecule has 2 aromatic carbocycles. The monoisotopic (exact) mass is 325 g/mol. The summed E-state index contributed by atoms with van der Waals surface area (Å²) in [4.78, 5) is 0.182. The van der Waals surface area contributed by atoms with Crippen molar-refractivity contribution in [1.29, 1.82) is 0 Å². The van der Waals surface area contributed by atoms with Crippen LogP contribution in [0.3, 0.4) is 0 Å². The number of sulfonamides is 1. The molecule has 0 radical (unpaired) electrons. The number of hydrogen-bond donors (Lipinski definition) is 1. The smallest absolute Gasteiger partial charge is 0.207 e. The highest BCUT2D eigenvalue weighted by atomic mass is 32.2. The number of aryl methyl sites for hydroxylation is 2. The lowest BCUT2D eigenvalue weighted by Gasteiger charge is -2.16. The van der Waals surface area contributed by atoms with Crippen LogP contribution in [-0.4, -0.2) is 8.42 Å². The molecule has 2 aromatic rings. The van der Waals surface area contributed by atoms with Crippen LogP contribution in [0, 0.1) is 25.5 Å². The molecule has 0 spiro atoms. The largest absolute Gasteiger partial charge is 0.241 e.